The molecule has 1 aromatic carbocycles. The Balaban J connectivity index is 1.70. The van der Waals surface area contributed by atoms with E-state index < -0.39 is 10.0 Å². The lowest BCUT2D eigenvalue weighted by atomic mass is 9.91. The molecular weight excluding hydrogens is 352 g/mol. The van der Waals surface area contributed by atoms with Crippen LogP contribution in [0.4, 0.5) is 0 Å². The molecule has 3 rings (SSSR count). The van der Waals surface area contributed by atoms with Gasteiger partial charge in [0.25, 0.3) is 5.91 Å². The molecule has 1 saturated carbocycles. The van der Waals surface area contributed by atoms with E-state index in [1.807, 2.05) is 12.1 Å². The van der Waals surface area contributed by atoms with Crippen molar-refractivity contribution in [2.24, 2.45) is 22.4 Å². The number of methoxy groups -OCH3 is 1. The molecule has 3 atom stereocenters. The molecule has 0 aromatic heterocycles. The third-order valence-electron chi connectivity index (χ3n) is 5.44. The van der Waals surface area contributed by atoms with Gasteiger partial charge in [-0.2, -0.15) is 0 Å². The summed E-state index contributed by atoms with van der Waals surface area (Å²) in [5.41, 5.74) is 0.437. The summed E-state index contributed by atoms with van der Waals surface area (Å²) in [6.07, 6.45) is 5.71. The maximum Gasteiger partial charge on any atom is 0.255 e. The maximum atomic E-state index is 12.7. The first-order valence-electron chi connectivity index (χ1n) is 8.51. The van der Waals surface area contributed by atoms with E-state index in [0.29, 0.717) is 17.7 Å². The molecule has 1 aromatic rings. The fourth-order valence-corrected chi connectivity index (χ4v) is 4.49. The van der Waals surface area contributed by atoms with E-state index in [2.05, 4.69) is 19.2 Å². The lowest BCUT2D eigenvalue weighted by Gasteiger charge is -2.16. The quantitative estimate of drug-likeness (QED) is 0.823. The van der Waals surface area contributed by atoms with Crippen LogP contribution in [0.15, 0.2) is 47.4 Å². The SMILES string of the molecule is COc1ccccc1C(=O)N[C@H]1[C@H](C2C=CC(S(N)(=O)=O)=CC2)C1(C)C. The first-order valence-corrected chi connectivity index (χ1v) is 10.1. The molecule has 0 aliphatic heterocycles. The van der Waals surface area contributed by atoms with Crippen molar-refractivity contribution < 1.29 is 17.9 Å². The lowest BCUT2D eigenvalue weighted by molar-refractivity contribution is 0.0941. The van der Waals surface area contributed by atoms with E-state index in [1.165, 1.54) is 7.11 Å². The summed E-state index contributed by atoms with van der Waals surface area (Å²) in [5, 5.41) is 8.28. The van der Waals surface area contributed by atoms with E-state index in [0.717, 1.165) is 0 Å². The van der Waals surface area contributed by atoms with Gasteiger partial charge in [-0.15, -0.1) is 0 Å². The average Bonchev–Trinajstić information content (AvgIpc) is 3.14. The summed E-state index contributed by atoms with van der Waals surface area (Å²) < 4.78 is 28.1. The summed E-state index contributed by atoms with van der Waals surface area (Å²) in [7, 11) is -2.13. The van der Waals surface area contributed by atoms with Crippen LogP contribution in [-0.4, -0.2) is 27.5 Å². The number of primary sulfonamides is 1. The van der Waals surface area contributed by atoms with Crippen LogP contribution in [0.1, 0.15) is 30.6 Å². The molecule has 0 bridgehead atoms. The zero-order valence-corrected chi connectivity index (χ0v) is 15.9. The maximum absolute atomic E-state index is 12.7. The van der Waals surface area contributed by atoms with Crippen LogP contribution in [-0.2, 0) is 10.0 Å². The minimum Gasteiger partial charge on any atom is -0.496 e. The molecule has 1 fully saturated rings. The fourth-order valence-electron chi connectivity index (χ4n) is 3.90. The molecule has 2 aliphatic carbocycles. The Morgan fingerprint density at radius 2 is 2.00 bits per heavy atom. The number of benzene rings is 1. The molecule has 6 nitrogen and oxygen atoms in total. The van der Waals surface area contributed by atoms with Gasteiger partial charge in [-0.25, -0.2) is 13.6 Å². The van der Waals surface area contributed by atoms with Gasteiger partial charge in [0.2, 0.25) is 10.0 Å². The fraction of sp³-hybridized carbons (Fsp3) is 0.421. The standard InChI is InChI=1S/C19H24N2O4S/c1-19(2)16(12-8-10-13(11-9-12)26(20,23)24)17(19)21-18(22)14-6-4-5-7-15(14)25-3/h4-8,10-12,16-17H,9H2,1-3H3,(H,21,22)(H2,20,23,24)/t12?,16-,17-/m0/s1. The molecule has 1 unspecified atom stereocenters. The predicted octanol–water partition coefficient (Wildman–Crippen LogP) is 2.20. The number of para-hydroxylation sites is 1. The number of allylic oxidation sites excluding steroid dienone is 3. The van der Waals surface area contributed by atoms with Crippen molar-refractivity contribution in [3.8, 4) is 5.75 Å². The van der Waals surface area contributed by atoms with E-state index >= 15 is 0 Å². The first kappa shape index (κ1) is 18.7. The predicted molar refractivity (Wildman–Crippen MR) is 100.0 cm³/mol. The molecule has 0 heterocycles. The van der Waals surface area contributed by atoms with E-state index in [-0.39, 0.29) is 34.1 Å². The van der Waals surface area contributed by atoms with E-state index in [4.69, 9.17) is 9.88 Å². The number of nitrogens with two attached hydrogens (primary N) is 1. The summed E-state index contributed by atoms with van der Waals surface area (Å²) in [6.45, 7) is 4.22. The van der Waals surface area contributed by atoms with Crippen molar-refractivity contribution >= 4 is 15.9 Å². The smallest absolute Gasteiger partial charge is 0.255 e. The Morgan fingerprint density at radius 3 is 2.58 bits per heavy atom. The summed E-state index contributed by atoms with van der Waals surface area (Å²) >= 11 is 0. The van der Waals surface area contributed by atoms with Crippen molar-refractivity contribution in [3.63, 3.8) is 0 Å². The van der Waals surface area contributed by atoms with Gasteiger partial charge < -0.3 is 10.1 Å². The lowest BCUT2D eigenvalue weighted by Crippen LogP contribution is -2.29. The Hall–Kier alpha value is -2.12. The van der Waals surface area contributed by atoms with Gasteiger partial charge in [0, 0.05) is 6.04 Å². The van der Waals surface area contributed by atoms with Crippen molar-refractivity contribution in [1.82, 2.24) is 5.32 Å². The highest BCUT2D eigenvalue weighted by Gasteiger charge is 2.61. The number of hydrogen-bond acceptors (Lipinski definition) is 4. The van der Waals surface area contributed by atoms with E-state index in [9.17, 15) is 13.2 Å². The van der Waals surface area contributed by atoms with Gasteiger partial charge in [0.05, 0.1) is 17.6 Å². The van der Waals surface area contributed by atoms with Crippen LogP contribution in [0.5, 0.6) is 5.75 Å². The number of rotatable bonds is 5. The zero-order valence-electron chi connectivity index (χ0n) is 15.1. The monoisotopic (exact) mass is 376 g/mol. The molecule has 2 aliphatic rings. The van der Waals surface area contributed by atoms with Gasteiger partial charge >= 0.3 is 0 Å². The third-order valence-corrected chi connectivity index (χ3v) is 6.40. The van der Waals surface area contributed by atoms with Crippen LogP contribution < -0.4 is 15.2 Å². The third kappa shape index (κ3) is 3.41. The highest BCUT2D eigenvalue weighted by atomic mass is 32.2. The number of hydrogen-bond donors (Lipinski definition) is 2. The summed E-state index contributed by atoms with van der Waals surface area (Å²) in [4.78, 5) is 12.8. The second kappa shape index (κ2) is 6.55. The molecule has 1 amide bonds. The van der Waals surface area contributed by atoms with Crippen molar-refractivity contribution in [2.45, 2.75) is 26.3 Å². The largest absolute Gasteiger partial charge is 0.496 e. The minimum absolute atomic E-state index is 0.0130. The van der Waals surface area contributed by atoms with Gasteiger partial charge in [-0.3, -0.25) is 4.79 Å². The topological polar surface area (TPSA) is 98.5 Å². The molecular formula is C19H24N2O4S. The summed E-state index contributed by atoms with van der Waals surface area (Å²) in [6, 6.07) is 7.13. The van der Waals surface area contributed by atoms with Crippen LogP contribution in [0, 0.1) is 17.3 Å². The van der Waals surface area contributed by atoms with Gasteiger partial charge in [-0.1, -0.05) is 38.1 Å². The molecule has 140 valence electrons. The molecule has 0 saturated heterocycles. The second-order valence-electron chi connectivity index (χ2n) is 7.41. The van der Waals surface area contributed by atoms with E-state index in [1.54, 1.807) is 30.4 Å². The van der Waals surface area contributed by atoms with Crippen LogP contribution in [0.2, 0.25) is 0 Å². The zero-order chi connectivity index (χ0) is 19.1. The number of sulfonamides is 1. The highest BCUT2D eigenvalue weighted by molar-refractivity contribution is 7.93. The van der Waals surface area contributed by atoms with Crippen molar-refractivity contribution in [2.75, 3.05) is 7.11 Å². The Kier molecular flexibility index (Phi) is 4.71. The Labute approximate surface area is 154 Å². The molecule has 7 heteroatoms. The molecule has 26 heavy (non-hydrogen) atoms. The normalized spacial score (nSPS) is 26.8. The number of carbonyl (C=O) groups is 1. The number of nitrogens with one attached hydrogen (secondary N) is 1. The van der Waals surface area contributed by atoms with Crippen LogP contribution in [0.25, 0.3) is 0 Å². The number of amides is 1. The van der Waals surface area contributed by atoms with Crippen LogP contribution >= 0.6 is 0 Å². The minimum atomic E-state index is -3.67. The Morgan fingerprint density at radius 1 is 1.31 bits per heavy atom. The van der Waals surface area contributed by atoms with Gasteiger partial charge in [0.1, 0.15) is 5.75 Å². The molecule has 3 N–H and O–H groups in total. The van der Waals surface area contributed by atoms with Crippen LogP contribution in [0.3, 0.4) is 0 Å². The number of carbonyl (C=O) groups excluding carboxylic acids is 1. The second-order valence-corrected chi connectivity index (χ2v) is 8.97. The Bertz CT molecular complexity index is 887. The highest BCUT2D eigenvalue weighted by Crippen LogP contribution is 2.57. The molecule has 0 spiro atoms. The molecule has 0 radical (unpaired) electrons. The summed E-state index contributed by atoms with van der Waals surface area (Å²) in [5.74, 6) is 0.774. The average molecular weight is 376 g/mol. The number of ether oxygens (including phenoxy) is 1. The van der Waals surface area contributed by atoms with Crippen molar-refractivity contribution in [3.05, 3.63) is 53.0 Å². The first-order chi connectivity index (χ1) is 12.2. The van der Waals surface area contributed by atoms with Gasteiger partial charge in [-0.05, 0) is 41.9 Å². The van der Waals surface area contributed by atoms with Crippen molar-refractivity contribution in [1.29, 1.82) is 0 Å². The van der Waals surface area contributed by atoms with Gasteiger partial charge in [0.15, 0.2) is 0 Å².